The number of carbonyl (C=O) groups is 2. The Bertz CT molecular complexity index is 1040. The Kier molecular flexibility index (Phi) is 6.12. The zero-order valence-electron chi connectivity index (χ0n) is 16.4. The fraction of sp³-hybridized carbons (Fsp3) is 0.333. The molecule has 29 heavy (non-hydrogen) atoms. The van der Waals surface area contributed by atoms with E-state index >= 15 is 0 Å². The molecule has 0 saturated carbocycles. The smallest absolute Gasteiger partial charge is 0.255 e. The highest BCUT2D eigenvalue weighted by Gasteiger charge is 2.31. The standard InChI is InChI=1S/C18H22N6O5/c1-8(2)11(17(19)27)21-13-14(16(26)15(13)25)24(20)10-7-5-6-9(12(10)22-29)18(28)23(3)4/h5-8,11,21H,20H2,1-4H3,(H2,19,27)/t11-/m0/s1. The van der Waals surface area contributed by atoms with Crippen LogP contribution in [0.15, 0.2) is 33.0 Å². The molecule has 2 aromatic rings. The molecule has 2 rings (SSSR count). The van der Waals surface area contributed by atoms with Crippen molar-refractivity contribution in [1.82, 2.24) is 4.90 Å². The first-order chi connectivity index (χ1) is 13.5. The molecule has 0 radical (unpaired) electrons. The summed E-state index contributed by atoms with van der Waals surface area (Å²) in [6.45, 7) is 3.41. The molecule has 5 N–H and O–H groups in total. The topological polar surface area (TPSA) is 168 Å². The third-order valence-corrected chi connectivity index (χ3v) is 4.40. The molecule has 0 bridgehead atoms. The van der Waals surface area contributed by atoms with Crippen LogP contribution in [0.1, 0.15) is 24.2 Å². The Labute approximate surface area is 165 Å². The lowest BCUT2D eigenvalue weighted by molar-refractivity contribution is -0.119. The maximum atomic E-state index is 12.3. The van der Waals surface area contributed by atoms with Crippen molar-refractivity contribution in [1.29, 1.82) is 0 Å². The number of primary amides is 1. The molecule has 2 amide bonds. The van der Waals surface area contributed by atoms with E-state index in [-0.39, 0.29) is 34.2 Å². The minimum Gasteiger partial charge on any atom is -0.368 e. The van der Waals surface area contributed by atoms with Gasteiger partial charge in [0.05, 0.1) is 11.3 Å². The Hall–Kier alpha value is -3.60. The summed E-state index contributed by atoms with van der Waals surface area (Å²) < 4.78 is 0. The highest BCUT2D eigenvalue weighted by molar-refractivity contribution is 6.02. The largest absolute Gasteiger partial charge is 0.368 e. The summed E-state index contributed by atoms with van der Waals surface area (Å²) in [5, 5.41) is 6.34. The minimum absolute atomic E-state index is 0.0247. The first-order valence-electron chi connectivity index (χ1n) is 8.64. The van der Waals surface area contributed by atoms with Crippen LogP contribution in [-0.4, -0.2) is 36.9 Å². The minimum atomic E-state index is -0.921. The van der Waals surface area contributed by atoms with Gasteiger partial charge in [0.25, 0.3) is 16.8 Å². The average molecular weight is 402 g/mol. The molecular weight excluding hydrogens is 380 g/mol. The first-order valence-corrected chi connectivity index (χ1v) is 8.64. The van der Waals surface area contributed by atoms with E-state index in [2.05, 4.69) is 10.5 Å². The second kappa shape index (κ2) is 8.19. The number of nitrogens with zero attached hydrogens (tertiary/aromatic N) is 3. The Morgan fingerprint density at radius 2 is 1.76 bits per heavy atom. The van der Waals surface area contributed by atoms with Crippen molar-refractivity contribution in [3.8, 4) is 0 Å². The number of carbonyl (C=O) groups excluding carboxylic acids is 2. The highest BCUT2D eigenvalue weighted by atomic mass is 16.3. The maximum Gasteiger partial charge on any atom is 0.255 e. The van der Waals surface area contributed by atoms with Gasteiger partial charge in [-0.05, 0) is 23.2 Å². The molecule has 0 aliphatic heterocycles. The van der Waals surface area contributed by atoms with Crippen LogP contribution in [0.25, 0.3) is 0 Å². The van der Waals surface area contributed by atoms with Crippen LogP contribution < -0.4 is 32.8 Å². The average Bonchev–Trinajstić information content (AvgIpc) is 2.67. The maximum absolute atomic E-state index is 12.3. The number of nitrogens with two attached hydrogens (primary N) is 2. The van der Waals surface area contributed by atoms with Crippen LogP contribution in [-0.2, 0) is 4.79 Å². The van der Waals surface area contributed by atoms with E-state index in [4.69, 9.17) is 11.6 Å². The number of amides is 2. The number of hydrogen-bond donors (Lipinski definition) is 3. The van der Waals surface area contributed by atoms with Crippen molar-refractivity contribution in [2.24, 2.45) is 22.7 Å². The zero-order valence-corrected chi connectivity index (χ0v) is 16.4. The summed E-state index contributed by atoms with van der Waals surface area (Å²) >= 11 is 0. The van der Waals surface area contributed by atoms with Crippen LogP contribution in [0.4, 0.5) is 22.7 Å². The number of nitrogens with one attached hydrogen (secondary N) is 1. The predicted molar refractivity (Wildman–Crippen MR) is 109 cm³/mol. The molecule has 0 fully saturated rings. The molecule has 0 heterocycles. The molecule has 0 saturated heterocycles. The van der Waals surface area contributed by atoms with Gasteiger partial charge in [0.1, 0.15) is 23.1 Å². The number of nitroso groups, excluding NO2 is 1. The van der Waals surface area contributed by atoms with Crippen molar-refractivity contribution in [3.05, 3.63) is 49.1 Å². The third kappa shape index (κ3) is 3.85. The molecule has 0 aliphatic carbocycles. The lowest BCUT2D eigenvalue weighted by atomic mass is 10.0. The number of anilines is 3. The zero-order chi connectivity index (χ0) is 22.0. The fourth-order valence-corrected chi connectivity index (χ4v) is 2.82. The van der Waals surface area contributed by atoms with Gasteiger partial charge in [0.2, 0.25) is 5.91 Å². The fourth-order valence-electron chi connectivity index (χ4n) is 2.82. The number of hydrazine groups is 1. The first kappa shape index (κ1) is 21.7. The molecule has 0 spiro atoms. The van der Waals surface area contributed by atoms with E-state index < -0.39 is 28.7 Å². The molecule has 2 aromatic carbocycles. The van der Waals surface area contributed by atoms with Gasteiger partial charge < -0.3 is 16.0 Å². The Morgan fingerprint density at radius 1 is 1.14 bits per heavy atom. The van der Waals surface area contributed by atoms with Crippen LogP contribution >= 0.6 is 0 Å². The monoisotopic (exact) mass is 402 g/mol. The van der Waals surface area contributed by atoms with Gasteiger partial charge in [-0.15, -0.1) is 4.91 Å². The Morgan fingerprint density at radius 3 is 2.24 bits per heavy atom. The van der Waals surface area contributed by atoms with Crippen molar-refractivity contribution in [2.75, 3.05) is 24.4 Å². The van der Waals surface area contributed by atoms with Gasteiger partial charge in [-0.1, -0.05) is 19.9 Å². The van der Waals surface area contributed by atoms with Gasteiger partial charge in [0.15, 0.2) is 0 Å². The van der Waals surface area contributed by atoms with E-state index in [0.717, 1.165) is 5.01 Å². The van der Waals surface area contributed by atoms with Gasteiger partial charge in [-0.2, -0.15) is 0 Å². The highest BCUT2D eigenvalue weighted by Crippen LogP contribution is 2.36. The van der Waals surface area contributed by atoms with Gasteiger partial charge >= 0.3 is 0 Å². The number of hydrogen-bond acceptors (Lipinski definition) is 9. The molecule has 0 aromatic heterocycles. The van der Waals surface area contributed by atoms with Gasteiger partial charge in [-0.3, -0.25) is 24.2 Å². The van der Waals surface area contributed by atoms with Gasteiger partial charge in [-0.25, -0.2) is 5.84 Å². The molecule has 1 atom stereocenters. The quantitative estimate of drug-likeness (QED) is 0.245. The predicted octanol–water partition coefficient (Wildman–Crippen LogP) is 0.316. The second-order valence-corrected chi connectivity index (χ2v) is 6.98. The SMILES string of the molecule is CC(C)[C@H](Nc1c(N(N)c2cccc(C(=O)N(C)C)c2N=O)c(=O)c1=O)C(N)=O. The summed E-state index contributed by atoms with van der Waals surface area (Å²) in [6.07, 6.45) is 0. The molecule has 154 valence electrons. The van der Waals surface area contributed by atoms with Crippen LogP contribution in [0, 0.1) is 10.8 Å². The van der Waals surface area contributed by atoms with Crippen molar-refractivity contribution >= 4 is 34.6 Å². The van der Waals surface area contributed by atoms with Crippen LogP contribution in [0.5, 0.6) is 0 Å². The molecule has 0 unspecified atom stereocenters. The lowest BCUT2D eigenvalue weighted by Crippen LogP contribution is -2.48. The third-order valence-electron chi connectivity index (χ3n) is 4.40. The normalized spacial score (nSPS) is 11.9. The summed E-state index contributed by atoms with van der Waals surface area (Å²) in [5.41, 5.74) is 2.73. The van der Waals surface area contributed by atoms with Gasteiger partial charge in [0, 0.05) is 14.1 Å². The Balaban J connectivity index is 2.55. The number of benzene rings is 1. The molecular formula is C18H22N6O5. The van der Waals surface area contributed by atoms with E-state index in [1.54, 1.807) is 13.8 Å². The molecule has 0 aliphatic rings. The van der Waals surface area contributed by atoms with Crippen LogP contribution in [0.3, 0.4) is 0 Å². The summed E-state index contributed by atoms with van der Waals surface area (Å²) in [6, 6.07) is 3.30. The van der Waals surface area contributed by atoms with Crippen molar-refractivity contribution < 1.29 is 9.59 Å². The van der Waals surface area contributed by atoms with Crippen LogP contribution in [0.2, 0.25) is 0 Å². The van der Waals surface area contributed by atoms with E-state index in [1.165, 1.54) is 37.2 Å². The number of rotatable bonds is 8. The van der Waals surface area contributed by atoms with E-state index in [1.807, 2.05) is 0 Å². The summed E-state index contributed by atoms with van der Waals surface area (Å²) in [5.74, 6) is 4.54. The van der Waals surface area contributed by atoms with E-state index in [0.29, 0.717) is 0 Å². The lowest BCUT2D eigenvalue weighted by Gasteiger charge is -2.27. The summed E-state index contributed by atoms with van der Waals surface area (Å²) in [4.78, 5) is 60.8. The molecule has 11 heteroatoms. The van der Waals surface area contributed by atoms with Crippen molar-refractivity contribution in [2.45, 2.75) is 19.9 Å². The molecule has 11 nitrogen and oxygen atoms in total. The summed E-state index contributed by atoms with van der Waals surface area (Å²) in [7, 11) is 3.00. The van der Waals surface area contributed by atoms with E-state index in [9.17, 15) is 24.1 Å². The van der Waals surface area contributed by atoms with Crippen molar-refractivity contribution in [3.63, 3.8) is 0 Å². The second-order valence-electron chi connectivity index (χ2n) is 6.98.